The Morgan fingerprint density at radius 2 is 0.972 bits per heavy atom. The highest BCUT2D eigenvalue weighted by Crippen LogP contribution is 2.54. The van der Waals surface area contributed by atoms with Crippen molar-refractivity contribution in [2.24, 2.45) is 0 Å². The molecule has 0 bridgehead atoms. The second-order valence-corrected chi connectivity index (χ2v) is 8.16. The molecule has 0 heterocycles. The minimum atomic E-state index is -1.69. The SMILES string of the molecule is CCOC(=O)COC1(c2ccccc2)C(=O)C(OCC(=O)OCC)(c2ccccc2)c2ccccc21. The number of carbonyl (C=O) groups excluding carboxylic acids is 3. The minimum Gasteiger partial charge on any atom is -0.464 e. The molecule has 0 N–H and O–H groups in total. The summed E-state index contributed by atoms with van der Waals surface area (Å²) >= 11 is 0. The van der Waals surface area contributed by atoms with Gasteiger partial charge in [0.05, 0.1) is 13.2 Å². The second-order valence-electron chi connectivity index (χ2n) is 8.16. The molecule has 2 unspecified atom stereocenters. The van der Waals surface area contributed by atoms with Crippen molar-refractivity contribution >= 4 is 17.7 Å². The zero-order chi connectivity index (χ0) is 25.6. The molecule has 0 fully saturated rings. The van der Waals surface area contributed by atoms with Gasteiger partial charge in [-0.25, -0.2) is 9.59 Å². The van der Waals surface area contributed by atoms with Crippen LogP contribution in [0.5, 0.6) is 0 Å². The molecule has 0 spiro atoms. The van der Waals surface area contributed by atoms with Gasteiger partial charge in [0.2, 0.25) is 5.78 Å². The van der Waals surface area contributed by atoms with Crippen LogP contribution < -0.4 is 0 Å². The van der Waals surface area contributed by atoms with E-state index in [-0.39, 0.29) is 13.2 Å². The van der Waals surface area contributed by atoms with Crippen LogP contribution in [0, 0.1) is 0 Å². The lowest BCUT2D eigenvalue weighted by molar-refractivity contribution is -0.169. The lowest BCUT2D eigenvalue weighted by Gasteiger charge is -2.34. The van der Waals surface area contributed by atoms with Gasteiger partial charge in [-0.3, -0.25) is 4.79 Å². The molecule has 7 nitrogen and oxygen atoms in total. The van der Waals surface area contributed by atoms with E-state index in [2.05, 4.69) is 0 Å². The van der Waals surface area contributed by atoms with E-state index in [1.165, 1.54) is 0 Å². The second kappa shape index (κ2) is 10.8. The third-order valence-corrected chi connectivity index (χ3v) is 6.11. The molecular formula is C29H28O7. The summed E-state index contributed by atoms with van der Waals surface area (Å²) in [6, 6.07) is 25.1. The molecule has 4 rings (SSSR count). The van der Waals surface area contributed by atoms with Crippen LogP contribution in [0.4, 0.5) is 0 Å². The van der Waals surface area contributed by atoms with Crippen molar-refractivity contribution in [1.82, 2.24) is 0 Å². The molecule has 186 valence electrons. The fraction of sp³-hybridized carbons (Fsp3) is 0.276. The number of rotatable bonds is 10. The molecule has 7 heteroatoms. The van der Waals surface area contributed by atoms with Crippen molar-refractivity contribution in [3.8, 4) is 0 Å². The van der Waals surface area contributed by atoms with Gasteiger partial charge in [-0.05, 0) is 25.0 Å². The quantitative estimate of drug-likeness (QED) is 0.400. The van der Waals surface area contributed by atoms with Crippen molar-refractivity contribution in [2.45, 2.75) is 25.0 Å². The number of esters is 2. The number of Topliss-reactive ketones (excluding diaryl/α,β-unsaturated/α-hetero) is 1. The minimum absolute atomic E-state index is 0.182. The van der Waals surface area contributed by atoms with Crippen LogP contribution >= 0.6 is 0 Å². The number of fused-ring (bicyclic) bond motifs is 1. The molecule has 0 aliphatic heterocycles. The summed E-state index contributed by atoms with van der Waals surface area (Å²) in [4.78, 5) is 39.5. The normalized spacial score (nSPS) is 20.6. The first kappa shape index (κ1) is 25.3. The number of hydrogen-bond acceptors (Lipinski definition) is 7. The van der Waals surface area contributed by atoms with Crippen molar-refractivity contribution in [1.29, 1.82) is 0 Å². The molecule has 0 aromatic heterocycles. The van der Waals surface area contributed by atoms with E-state index < -0.39 is 42.1 Å². The Balaban J connectivity index is 1.95. The zero-order valence-corrected chi connectivity index (χ0v) is 20.3. The van der Waals surface area contributed by atoms with Crippen molar-refractivity contribution < 1.29 is 33.3 Å². The number of carbonyl (C=O) groups is 3. The Bertz CT molecular complexity index is 1130. The molecule has 3 aromatic rings. The maximum absolute atomic E-state index is 14.8. The van der Waals surface area contributed by atoms with Gasteiger partial charge >= 0.3 is 11.9 Å². The van der Waals surface area contributed by atoms with Gasteiger partial charge in [-0.15, -0.1) is 0 Å². The van der Waals surface area contributed by atoms with E-state index >= 15 is 0 Å². The summed E-state index contributed by atoms with van der Waals surface area (Å²) < 4.78 is 22.6. The van der Waals surface area contributed by atoms with Gasteiger partial charge in [0.1, 0.15) is 13.2 Å². The first-order chi connectivity index (χ1) is 17.5. The number of hydrogen-bond donors (Lipinski definition) is 0. The van der Waals surface area contributed by atoms with Gasteiger partial charge in [0.25, 0.3) is 0 Å². The predicted octanol–water partition coefficient (Wildman–Crippen LogP) is 3.92. The fourth-order valence-corrected chi connectivity index (χ4v) is 4.70. The average Bonchev–Trinajstić information content (AvgIpc) is 3.13. The molecule has 36 heavy (non-hydrogen) atoms. The summed E-state index contributed by atoms with van der Waals surface area (Å²) in [6.45, 7) is 2.86. The summed E-state index contributed by atoms with van der Waals surface area (Å²) in [5.74, 6) is -1.66. The average molecular weight is 489 g/mol. The maximum atomic E-state index is 14.8. The fourth-order valence-electron chi connectivity index (χ4n) is 4.70. The first-order valence-electron chi connectivity index (χ1n) is 11.9. The van der Waals surface area contributed by atoms with Crippen molar-refractivity contribution in [2.75, 3.05) is 26.4 Å². The van der Waals surface area contributed by atoms with Gasteiger partial charge in [-0.2, -0.15) is 0 Å². The van der Waals surface area contributed by atoms with Gasteiger partial charge < -0.3 is 18.9 Å². The zero-order valence-electron chi connectivity index (χ0n) is 20.3. The lowest BCUT2D eigenvalue weighted by Crippen LogP contribution is -2.47. The van der Waals surface area contributed by atoms with Crippen LogP contribution in [0.2, 0.25) is 0 Å². The van der Waals surface area contributed by atoms with E-state index in [1.807, 2.05) is 12.1 Å². The molecule has 0 radical (unpaired) electrons. The molecule has 0 saturated heterocycles. The Labute approximate surface area is 209 Å². The summed E-state index contributed by atoms with van der Waals surface area (Å²) in [7, 11) is 0. The van der Waals surface area contributed by atoms with Gasteiger partial charge in [-0.1, -0.05) is 84.9 Å². The Morgan fingerprint density at radius 1 is 0.611 bits per heavy atom. The highest BCUT2D eigenvalue weighted by Gasteiger charge is 2.64. The van der Waals surface area contributed by atoms with E-state index in [0.717, 1.165) is 0 Å². The maximum Gasteiger partial charge on any atom is 0.332 e. The van der Waals surface area contributed by atoms with Gasteiger partial charge in [0.15, 0.2) is 11.2 Å². The summed E-state index contributed by atoms with van der Waals surface area (Å²) in [5.41, 5.74) is -1.26. The monoisotopic (exact) mass is 488 g/mol. The van der Waals surface area contributed by atoms with Crippen LogP contribution in [0.25, 0.3) is 0 Å². The Morgan fingerprint density at radius 3 is 1.33 bits per heavy atom. The standard InChI is InChI=1S/C29H28O7/c1-3-33-25(30)19-35-28(21-13-7-5-8-14-21)23-17-11-12-18-24(23)29(27(28)32,22-15-9-6-10-16-22)36-20-26(31)34-4-2/h5-18H,3-4,19-20H2,1-2H3. The highest BCUT2D eigenvalue weighted by atomic mass is 16.6. The van der Waals surface area contributed by atoms with E-state index in [0.29, 0.717) is 22.3 Å². The molecule has 2 atom stereocenters. The molecule has 0 saturated carbocycles. The van der Waals surface area contributed by atoms with Crippen LogP contribution in [0.15, 0.2) is 84.9 Å². The third-order valence-electron chi connectivity index (χ3n) is 6.11. The molecule has 0 amide bonds. The van der Waals surface area contributed by atoms with Crippen LogP contribution in [-0.4, -0.2) is 44.1 Å². The van der Waals surface area contributed by atoms with Crippen LogP contribution in [0.3, 0.4) is 0 Å². The first-order valence-corrected chi connectivity index (χ1v) is 11.9. The smallest absolute Gasteiger partial charge is 0.332 e. The number of ether oxygens (including phenoxy) is 4. The van der Waals surface area contributed by atoms with E-state index in [1.54, 1.807) is 86.6 Å². The third kappa shape index (κ3) is 4.32. The molecule has 1 aliphatic rings. The Hall–Kier alpha value is -3.81. The van der Waals surface area contributed by atoms with Gasteiger partial charge in [0, 0.05) is 11.1 Å². The van der Waals surface area contributed by atoms with E-state index in [9.17, 15) is 14.4 Å². The lowest BCUT2D eigenvalue weighted by atomic mass is 9.82. The van der Waals surface area contributed by atoms with Crippen LogP contribution in [0.1, 0.15) is 36.1 Å². The molecule has 3 aromatic carbocycles. The number of ketones is 1. The van der Waals surface area contributed by atoms with E-state index in [4.69, 9.17) is 18.9 Å². The Kier molecular flexibility index (Phi) is 7.62. The van der Waals surface area contributed by atoms with Crippen LogP contribution in [-0.2, 0) is 44.5 Å². The summed E-state index contributed by atoms with van der Waals surface area (Å²) in [6.07, 6.45) is 0. The molecular weight excluding hydrogens is 460 g/mol. The molecule has 1 aliphatic carbocycles. The van der Waals surface area contributed by atoms with Crippen molar-refractivity contribution in [3.63, 3.8) is 0 Å². The largest absolute Gasteiger partial charge is 0.464 e. The number of benzene rings is 3. The summed E-state index contributed by atoms with van der Waals surface area (Å²) in [5, 5.41) is 0. The topological polar surface area (TPSA) is 88.1 Å². The highest BCUT2D eigenvalue weighted by molar-refractivity contribution is 6.07. The van der Waals surface area contributed by atoms with Crippen molar-refractivity contribution in [3.05, 3.63) is 107 Å². The predicted molar refractivity (Wildman–Crippen MR) is 131 cm³/mol.